The van der Waals surface area contributed by atoms with Crippen molar-refractivity contribution in [2.75, 3.05) is 0 Å². The van der Waals surface area contributed by atoms with Gasteiger partial charge in [-0.3, -0.25) is 9.59 Å². The summed E-state index contributed by atoms with van der Waals surface area (Å²) in [5.74, 6) is 0.0157. The van der Waals surface area contributed by atoms with E-state index in [0.29, 0.717) is 11.8 Å². The lowest BCUT2D eigenvalue weighted by Gasteiger charge is -2.44. The van der Waals surface area contributed by atoms with Crippen LogP contribution in [0, 0.1) is 29.6 Å². The van der Waals surface area contributed by atoms with Crippen molar-refractivity contribution in [3.8, 4) is 0 Å². The second kappa shape index (κ2) is 4.08. The zero-order valence-electron chi connectivity index (χ0n) is 10.9. The smallest absolute Gasteiger partial charge is 0.213 e. The summed E-state index contributed by atoms with van der Waals surface area (Å²) in [4.78, 5) is 24.8. The number of ketones is 2. The molecule has 0 aromatic rings. The Kier molecular flexibility index (Phi) is 2.72. The van der Waals surface area contributed by atoms with Crippen LogP contribution < -0.4 is 0 Å². The van der Waals surface area contributed by atoms with Gasteiger partial charge >= 0.3 is 0 Å². The van der Waals surface area contributed by atoms with Crippen molar-refractivity contribution in [2.24, 2.45) is 29.6 Å². The average Bonchev–Trinajstić information content (AvgIpc) is 2.58. The Hall–Kier alpha value is -0.380. The summed E-state index contributed by atoms with van der Waals surface area (Å²) in [5.41, 5.74) is -1.83. The molecule has 5 aliphatic carbocycles. The summed E-state index contributed by atoms with van der Waals surface area (Å²) in [5, 5.41) is 10.6. The van der Waals surface area contributed by atoms with E-state index in [1.54, 1.807) is 0 Å². The summed E-state index contributed by atoms with van der Waals surface area (Å²) in [6, 6.07) is 0. The highest BCUT2D eigenvalue weighted by atomic mass is 35.5. The fourth-order valence-electron chi connectivity index (χ4n) is 5.19. The van der Waals surface area contributed by atoms with Crippen LogP contribution in [0.15, 0.2) is 10.1 Å². The molecule has 6 atom stereocenters. The van der Waals surface area contributed by atoms with Crippen molar-refractivity contribution >= 4 is 34.8 Å². The van der Waals surface area contributed by atoms with Crippen molar-refractivity contribution in [1.82, 2.24) is 0 Å². The normalized spacial score (nSPS) is 50.5. The zero-order valence-corrected chi connectivity index (χ0v) is 12.5. The number of halogens is 2. The molecule has 3 nitrogen and oxygen atoms in total. The van der Waals surface area contributed by atoms with Gasteiger partial charge in [0.25, 0.3) is 0 Å². The van der Waals surface area contributed by atoms with Gasteiger partial charge in [-0.15, -0.1) is 0 Å². The van der Waals surface area contributed by atoms with Gasteiger partial charge in [0.05, 0.1) is 11.0 Å². The summed E-state index contributed by atoms with van der Waals surface area (Å²) < 4.78 is 0. The molecular weight excluding hydrogens is 299 g/mol. The SMILES string of the molecule is O=C1C2C[C@@H]3CC(C[C@H](C2)C3)C1C1(O)C(=O)C(Cl)=C1Cl. The molecule has 5 rings (SSSR count). The van der Waals surface area contributed by atoms with Crippen LogP contribution in [0.5, 0.6) is 0 Å². The number of carbonyl (C=O) groups excluding carboxylic acids is 2. The Morgan fingerprint density at radius 2 is 1.60 bits per heavy atom. The first-order chi connectivity index (χ1) is 9.42. The molecule has 5 heteroatoms. The fraction of sp³-hybridized carbons (Fsp3) is 0.733. The van der Waals surface area contributed by atoms with E-state index in [4.69, 9.17) is 23.2 Å². The average molecular weight is 315 g/mol. The molecule has 4 unspecified atom stereocenters. The van der Waals surface area contributed by atoms with Crippen LogP contribution in [-0.2, 0) is 9.59 Å². The van der Waals surface area contributed by atoms with E-state index in [2.05, 4.69) is 0 Å². The standard InChI is InChI=1S/C15H16Cl2O3/c16-11-13(17)15(20,14(11)19)10-8-2-6-1-7(3-8)5-9(4-6)12(10)18/h6-10,20H,1-5H2/t6-,7+,8?,9?,10?,15?. The highest BCUT2D eigenvalue weighted by Crippen LogP contribution is 2.58. The zero-order chi connectivity index (χ0) is 14.2. The quantitative estimate of drug-likeness (QED) is 0.809. The third-order valence-corrected chi connectivity index (χ3v) is 6.81. The fourth-order valence-corrected chi connectivity index (χ4v) is 5.77. The van der Waals surface area contributed by atoms with Gasteiger partial charge in [0.2, 0.25) is 5.78 Å². The third-order valence-electron chi connectivity index (χ3n) is 5.88. The largest absolute Gasteiger partial charge is 0.375 e. The minimum Gasteiger partial charge on any atom is -0.375 e. The van der Waals surface area contributed by atoms with Crippen molar-refractivity contribution in [3.05, 3.63) is 10.1 Å². The maximum absolute atomic E-state index is 12.8. The Bertz CT molecular complexity index is 541. The van der Waals surface area contributed by atoms with Crippen molar-refractivity contribution in [2.45, 2.75) is 37.7 Å². The monoisotopic (exact) mass is 314 g/mol. The summed E-state index contributed by atoms with van der Waals surface area (Å²) >= 11 is 11.8. The lowest BCUT2D eigenvalue weighted by atomic mass is 9.63. The van der Waals surface area contributed by atoms with Gasteiger partial charge in [-0.25, -0.2) is 0 Å². The lowest BCUT2D eigenvalue weighted by molar-refractivity contribution is -0.150. The van der Waals surface area contributed by atoms with E-state index >= 15 is 0 Å². The molecule has 5 aliphatic rings. The molecule has 20 heavy (non-hydrogen) atoms. The summed E-state index contributed by atoms with van der Waals surface area (Å²) in [6.07, 6.45) is 4.90. The van der Waals surface area contributed by atoms with Gasteiger partial charge in [0.15, 0.2) is 5.60 Å². The molecule has 0 aromatic carbocycles. The van der Waals surface area contributed by atoms with Crippen LogP contribution in [0.4, 0.5) is 0 Å². The molecule has 4 bridgehead atoms. The molecule has 4 saturated carbocycles. The Morgan fingerprint density at radius 3 is 2.15 bits per heavy atom. The molecule has 0 spiro atoms. The number of aliphatic hydroxyl groups is 1. The van der Waals surface area contributed by atoms with Crippen LogP contribution in [0.2, 0.25) is 0 Å². The summed E-state index contributed by atoms with van der Waals surface area (Å²) in [6.45, 7) is 0. The maximum atomic E-state index is 12.8. The first-order valence-electron chi connectivity index (χ1n) is 7.29. The van der Waals surface area contributed by atoms with E-state index in [0.717, 1.165) is 25.7 Å². The second-order valence-corrected chi connectivity index (χ2v) is 7.73. The van der Waals surface area contributed by atoms with Crippen molar-refractivity contribution in [1.29, 1.82) is 0 Å². The van der Waals surface area contributed by atoms with Crippen LogP contribution in [0.3, 0.4) is 0 Å². The molecule has 0 saturated heterocycles. The van der Waals surface area contributed by atoms with Gasteiger partial charge in [0, 0.05) is 5.92 Å². The van der Waals surface area contributed by atoms with Gasteiger partial charge in [0.1, 0.15) is 10.8 Å². The van der Waals surface area contributed by atoms with Crippen LogP contribution in [0.1, 0.15) is 32.1 Å². The molecular formula is C15H16Cl2O3. The molecule has 0 amide bonds. The van der Waals surface area contributed by atoms with Crippen molar-refractivity contribution < 1.29 is 14.7 Å². The summed E-state index contributed by atoms with van der Waals surface area (Å²) in [7, 11) is 0. The number of rotatable bonds is 1. The van der Waals surface area contributed by atoms with E-state index < -0.39 is 17.3 Å². The third kappa shape index (κ3) is 1.47. The van der Waals surface area contributed by atoms with E-state index in [1.165, 1.54) is 6.42 Å². The Balaban J connectivity index is 1.79. The van der Waals surface area contributed by atoms with E-state index in [-0.39, 0.29) is 27.7 Å². The number of hydrogen-bond donors (Lipinski definition) is 1. The van der Waals surface area contributed by atoms with E-state index in [1.807, 2.05) is 0 Å². The van der Waals surface area contributed by atoms with Gasteiger partial charge in [-0.1, -0.05) is 23.2 Å². The first-order valence-corrected chi connectivity index (χ1v) is 8.05. The lowest BCUT2D eigenvalue weighted by Crippen LogP contribution is -2.58. The topological polar surface area (TPSA) is 54.4 Å². The minimum absolute atomic E-state index is 0.00285. The predicted molar refractivity (Wildman–Crippen MR) is 74.2 cm³/mol. The highest BCUT2D eigenvalue weighted by Gasteiger charge is 2.64. The predicted octanol–water partition coefficient (Wildman–Crippen LogP) is 2.63. The van der Waals surface area contributed by atoms with Crippen LogP contribution >= 0.6 is 23.2 Å². The van der Waals surface area contributed by atoms with Crippen LogP contribution in [-0.4, -0.2) is 22.3 Å². The Labute approximate surface area is 127 Å². The number of carbonyl (C=O) groups is 2. The molecule has 0 aromatic heterocycles. The number of fused-ring (bicyclic) bond motifs is 1. The van der Waals surface area contributed by atoms with Gasteiger partial charge in [-0.05, 0) is 49.9 Å². The Morgan fingerprint density at radius 1 is 1.00 bits per heavy atom. The molecule has 0 heterocycles. The van der Waals surface area contributed by atoms with E-state index in [9.17, 15) is 14.7 Å². The number of Topliss-reactive ketones (excluding diaryl/α,β-unsaturated/α-hetero) is 2. The number of hydrogen-bond acceptors (Lipinski definition) is 3. The molecule has 108 valence electrons. The van der Waals surface area contributed by atoms with Gasteiger partial charge < -0.3 is 5.11 Å². The van der Waals surface area contributed by atoms with Crippen molar-refractivity contribution in [3.63, 3.8) is 0 Å². The second-order valence-electron chi connectivity index (χ2n) is 6.97. The maximum Gasteiger partial charge on any atom is 0.213 e. The molecule has 0 aliphatic heterocycles. The van der Waals surface area contributed by atoms with Crippen LogP contribution in [0.25, 0.3) is 0 Å². The van der Waals surface area contributed by atoms with Gasteiger partial charge in [-0.2, -0.15) is 0 Å². The minimum atomic E-state index is -1.83. The molecule has 1 N–H and O–H groups in total. The highest BCUT2D eigenvalue weighted by molar-refractivity contribution is 6.56. The molecule has 0 radical (unpaired) electrons. The molecule has 4 fully saturated rings. The first kappa shape index (κ1) is 13.3.